The van der Waals surface area contributed by atoms with E-state index in [1.54, 1.807) is 23.0 Å². The number of hydrogen-bond donors (Lipinski definition) is 3. The maximum atomic E-state index is 11.8. The van der Waals surface area contributed by atoms with Crippen LogP contribution in [-0.4, -0.2) is 38.7 Å². The van der Waals surface area contributed by atoms with Crippen LogP contribution in [0.1, 0.15) is 27.2 Å². The van der Waals surface area contributed by atoms with Crippen molar-refractivity contribution in [3.05, 3.63) is 77.1 Å². The number of nitrogens with two attached hydrogens (primary N) is 1. The molecule has 1 aliphatic heterocycles. The molecule has 4 N–H and O–H groups in total. The summed E-state index contributed by atoms with van der Waals surface area (Å²) < 4.78 is 1.67. The highest BCUT2D eigenvalue weighted by molar-refractivity contribution is 6.05. The Kier molecular flexibility index (Phi) is 5.05. The summed E-state index contributed by atoms with van der Waals surface area (Å²) in [5.41, 5.74) is 10.0. The fraction of sp³-hybridized carbons (Fsp3) is 0.217. The first kappa shape index (κ1) is 19.2. The highest BCUT2D eigenvalue weighted by Gasteiger charge is 2.19. The standard InChI is InChI=1S/C23H23N7O/c24-21(31)16-7-4-8-20-18(16)14-27-30(20)23-28-19-10-12-25-11-9-17(19)22(29-23)26-13-15-5-2-1-3-6-15/h1-8,14,25H,9-13H2,(H2,24,31)(H,26,28,29). The largest absolute Gasteiger partial charge is 0.366 e. The molecule has 2 aromatic carbocycles. The first-order valence-corrected chi connectivity index (χ1v) is 10.4. The molecule has 0 fully saturated rings. The van der Waals surface area contributed by atoms with E-state index in [9.17, 15) is 4.79 Å². The lowest BCUT2D eigenvalue weighted by Crippen LogP contribution is -2.16. The van der Waals surface area contributed by atoms with Crippen LogP contribution in [0.2, 0.25) is 0 Å². The second-order valence-electron chi connectivity index (χ2n) is 7.55. The van der Waals surface area contributed by atoms with Crippen LogP contribution in [0, 0.1) is 0 Å². The molecule has 0 saturated carbocycles. The summed E-state index contributed by atoms with van der Waals surface area (Å²) in [6.07, 6.45) is 3.32. The van der Waals surface area contributed by atoms with Gasteiger partial charge in [0.15, 0.2) is 0 Å². The third kappa shape index (κ3) is 3.73. The number of primary amides is 1. The third-order valence-electron chi connectivity index (χ3n) is 5.54. The van der Waals surface area contributed by atoms with Crippen molar-refractivity contribution in [3.8, 4) is 5.95 Å². The number of fused-ring (bicyclic) bond motifs is 2. The van der Waals surface area contributed by atoms with E-state index in [1.807, 2.05) is 24.3 Å². The third-order valence-corrected chi connectivity index (χ3v) is 5.54. The van der Waals surface area contributed by atoms with Gasteiger partial charge in [0.1, 0.15) is 5.82 Å². The number of rotatable bonds is 5. The van der Waals surface area contributed by atoms with Crippen molar-refractivity contribution < 1.29 is 4.79 Å². The van der Waals surface area contributed by atoms with Gasteiger partial charge in [-0.1, -0.05) is 36.4 Å². The van der Waals surface area contributed by atoms with E-state index in [2.05, 4.69) is 27.9 Å². The molecule has 0 saturated heterocycles. The first-order valence-electron chi connectivity index (χ1n) is 10.4. The molecule has 5 rings (SSSR count). The lowest BCUT2D eigenvalue weighted by Gasteiger charge is -2.15. The van der Waals surface area contributed by atoms with Crippen LogP contribution in [0.4, 0.5) is 5.82 Å². The Bertz CT molecular complexity index is 1250. The summed E-state index contributed by atoms with van der Waals surface area (Å²) in [4.78, 5) is 21.5. The van der Waals surface area contributed by atoms with Crippen LogP contribution in [0.15, 0.2) is 54.7 Å². The molecule has 3 heterocycles. The van der Waals surface area contributed by atoms with Gasteiger partial charge in [-0.25, -0.2) is 4.98 Å². The number of nitrogens with one attached hydrogen (secondary N) is 2. The number of nitrogens with zero attached hydrogens (tertiary/aromatic N) is 4. The van der Waals surface area contributed by atoms with E-state index in [0.717, 1.165) is 48.5 Å². The maximum Gasteiger partial charge on any atom is 0.253 e. The van der Waals surface area contributed by atoms with E-state index < -0.39 is 5.91 Å². The monoisotopic (exact) mass is 413 g/mol. The van der Waals surface area contributed by atoms with Crippen molar-refractivity contribution in [3.63, 3.8) is 0 Å². The lowest BCUT2D eigenvalue weighted by atomic mass is 10.1. The highest BCUT2D eigenvalue weighted by atomic mass is 16.1. The van der Waals surface area contributed by atoms with Crippen LogP contribution in [0.5, 0.6) is 0 Å². The molecule has 0 spiro atoms. The van der Waals surface area contributed by atoms with Crippen LogP contribution >= 0.6 is 0 Å². The van der Waals surface area contributed by atoms with Gasteiger partial charge in [-0.15, -0.1) is 0 Å². The van der Waals surface area contributed by atoms with E-state index >= 15 is 0 Å². The molecule has 8 nitrogen and oxygen atoms in total. The van der Waals surface area contributed by atoms with Crippen molar-refractivity contribution in [2.45, 2.75) is 19.4 Å². The predicted molar refractivity (Wildman–Crippen MR) is 119 cm³/mol. The lowest BCUT2D eigenvalue weighted by molar-refractivity contribution is 0.100. The Morgan fingerprint density at radius 2 is 1.90 bits per heavy atom. The van der Waals surface area contributed by atoms with E-state index in [1.165, 1.54) is 5.56 Å². The Morgan fingerprint density at radius 1 is 1.06 bits per heavy atom. The zero-order valence-electron chi connectivity index (χ0n) is 17.0. The molecule has 1 amide bonds. The van der Waals surface area contributed by atoms with Gasteiger partial charge in [0.25, 0.3) is 5.95 Å². The second kappa shape index (κ2) is 8.16. The van der Waals surface area contributed by atoms with Crippen molar-refractivity contribution >= 4 is 22.6 Å². The minimum absolute atomic E-state index is 0.435. The summed E-state index contributed by atoms with van der Waals surface area (Å²) >= 11 is 0. The van der Waals surface area contributed by atoms with Gasteiger partial charge in [0.2, 0.25) is 5.91 Å². The van der Waals surface area contributed by atoms with E-state index in [0.29, 0.717) is 23.4 Å². The number of anilines is 1. The zero-order valence-corrected chi connectivity index (χ0v) is 17.0. The molecule has 1 aliphatic rings. The fourth-order valence-electron chi connectivity index (χ4n) is 3.98. The molecular formula is C23H23N7O. The number of benzene rings is 2. The fourth-order valence-corrected chi connectivity index (χ4v) is 3.98. The van der Waals surface area contributed by atoms with Gasteiger partial charge < -0.3 is 16.4 Å². The molecular weight excluding hydrogens is 390 g/mol. The molecule has 156 valence electrons. The molecule has 0 aliphatic carbocycles. The van der Waals surface area contributed by atoms with Crippen LogP contribution in [0.25, 0.3) is 16.9 Å². The number of amides is 1. The quantitative estimate of drug-likeness (QED) is 0.463. The zero-order chi connectivity index (χ0) is 21.2. The predicted octanol–water partition coefficient (Wildman–Crippen LogP) is 2.21. The minimum Gasteiger partial charge on any atom is -0.366 e. The Balaban J connectivity index is 1.59. The molecule has 0 unspecified atom stereocenters. The summed E-state index contributed by atoms with van der Waals surface area (Å²) in [5, 5.41) is 12.1. The summed E-state index contributed by atoms with van der Waals surface area (Å²) in [7, 11) is 0. The minimum atomic E-state index is -0.482. The molecule has 0 radical (unpaired) electrons. The smallest absolute Gasteiger partial charge is 0.253 e. The molecule has 8 heteroatoms. The molecule has 0 atom stereocenters. The molecule has 0 bridgehead atoms. The number of carbonyl (C=O) groups is 1. The van der Waals surface area contributed by atoms with Crippen LogP contribution < -0.4 is 16.4 Å². The summed E-state index contributed by atoms with van der Waals surface area (Å²) in [6.45, 7) is 2.43. The van der Waals surface area contributed by atoms with E-state index in [4.69, 9.17) is 15.7 Å². The molecule has 31 heavy (non-hydrogen) atoms. The number of aromatic nitrogens is 4. The van der Waals surface area contributed by atoms with Crippen molar-refractivity contribution in [2.75, 3.05) is 18.4 Å². The highest BCUT2D eigenvalue weighted by Crippen LogP contribution is 2.25. The average molecular weight is 413 g/mol. The topological polar surface area (TPSA) is 111 Å². The summed E-state index contributed by atoms with van der Waals surface area (Å²) in [5.74, 6) is 0.819. The van der Waals surface area contributed by atoms with Gasteiger partial charge in [0, 0.05) is 30.5 Å². The molecule has 2 aromatic heterocycles. The van der Waals surface area contributed by atoms with E-state index in [-0.39, 0.29) is 0 Å². The second-order valence-corrected chi connectivity index (χ2v) is 7.55. The summed E-state index contributed by atoms with van der Waals surface area (Å²) in [6, 6.07) is 15.6. The average Bonchev–Trinajstić information content (AvgIpc) is 3.08. The number of hydrogen-bond acceptors (Lipinski definition) is 6. The van der Waals surface area contributed by atoms with Gasteiger partial charge in [0.05, 0.1) is 23.0 Å². The normalized spacial score (nSPS) is 13.5. The number of carbonyl (C=O) groups excluding carboxylic acids is 1. The van der Waals surface area contributed by atoms with Gasteiger partial charge in [-0.3, -0.25) is 4.79 Å². The Hall–Kier alpha value is -3.78. The Labute approximate surface area is 179 Å². The SMILES string of the molecule is NC(=O)c1cccc2c1cnn2-c1nc2c(c(NCc3ccccc3)n1)CCNCC2. The first-order chi connectivity index (χ1) is 15.2. The van der Waals surface area contributed by atoms with Crippen molar-refractivity contribution in [1.29, 1.82) is 0 Å². The molecule has 4 aromatic rings. The van der Waals surface area contributed by atoms with Crippen LogP contribution in [0.3, 0.4) is 0 Å². The Morgan fingerprint density at radius 3 is 2.74 bits per heavy atom. The van der Waals surface area contributed by atoms with Gasteiger partial charge in [-0.05, 0) is 30.7 Å². The van der Waals surface area contributed by atoms with Gasteiger partial charge in [-0.2, -0.15) is 14.8 Å². The van der Waals surface area contributed by atoms with Gasteiger partial charge >= 0.3 is 0 Å². The maximum absolute atomic E-state index is 11.8. The van der Waals surface area contributed by atoms with Crippen molar-refractivity contribution in [2.24, 2.45) is 5.73 Å². The van der Waals surface area contributed by atoms with Crippen molar-refractivity contribution in [1.82, 2.24) is 25.1 Å². The van der Waals surface area contributed by atoms with Crippen LogP contribution in [-0.2, 0) is 19.4 Å².